The van der Waals surface area contributed by atoms with Gasteiger partial charge in [0.05, 0.1) is 18.5 Å². The number of fused-ring (bicyclic) bond motifs is 1. The van der Waals surface area contributed by atoms with Crippen LogP contribution in [0.4, 0.5) is 13.2 Å². The third-order valence-corrected chi connectivity index (χ3v) is 3.42. The van der Waals surface area contributed by atoms with E-state index in [1.165, 1.54) is 12.1 Å². The summed E-state index contributed by atoms with van der Waals surface area (Å²) in [5.74, 6) is -1.42. The van der Waals surface area contributed by atoms with E-state index in [2.05, 4.69) is 10.1 Å². The van der Waals surface area contributed by atoms with E-state index in [0.717, 1.165) is 12.3 Å². The lowest BCUT2D eigenvalue weighted by molar-refractivity contribution is -0.142. The maximum absolute atomic E-state index is 13.3. The fraction of sp³-hybridized carbons (Fsp3) is 0.133. The van der Waals surface area contributed by atoms with Gasteiger partial charge in [-0.1, -0.05) is 24.3 Å². The Morgan fingerprint density at radius 1 is 1.21 bits per heavy atom. The van der Waals surface area contributed by atoms with E-state index in [1.807, 2.05) is 0 Å². The fourth-order valence-corrected chi connectivity index (χ4v) is 2.24. The topological polar surface area (TPSA) is 87.7 Å². The second kappa shape index (κ2) is 5.60. The first-order valence-electron chi connectivity index (χ1n) is 6.70. The molecule has 0 saturated heterocycles. The summed E-state index contributed by atoms with van der Waals surface area (Å²) in [7, 11) is 0. The van der Waals surface area contributed by atoms with Crippen molar-refractivity contribution in [3.63, 3.8) is 0 Å². The van der Waals surface area contributed by atoms with E-state index >= 15 is 0 Å². The number of carboxylic acid groups (broad SMARTS) is 1. The summed E-state index contributed by atoms with van der Waals surface area (Å²) in [5.41, 5.74) is -1.03. The fourth-order valence-electron chi connectivity index (χ4n) is 2.24. The molecule has 3 rings (SSSR count). The number of hydrogen-bond donors (Lipinski definition) is 2. The minimum absolute atomic E-state index is 0.0395. The van der Waals surface area contributed by atoms with Crippen LogP contribution in [0.3, 0.4) is 0 Å². The average molecular weight is 337 g/mol. The van der Waals surface area contributed by atoms with Crippen molar-refractivity contribution in [3.05, 3.63) is 53.3 Å². The number of halogens is 3. The van der Waals surface area contributed by atoms with Crippen LogP contribution in [0.2, 0.25) is 0 Å². The quantitative estimate of drug-likeness (QED) is 0.767. The molecule has 0 aliphatic rings. The van der Waals surface area contributed by atoms with Gasteiger partial charge in [0.2, 0.25) is 0 Å². The summed E-state index contributed by atoms with van der Waals surface area (Å²) in [6, 6.07) is 6.90. The van der Waals surface area contributed by atoms with Gasteiger partial charge >= 0.3 is 12.1 Å². The number of aromatic carboxylic acids is 1. The molecule has 0 fully saturated rings. The van der Waals surface area contributed by atoms with E-state index in [0.29, 0.717) is 15.6 Å². The highest BCUT2D eigenvalue weighted by molar-refractivity contribution is 5.94. The molecule has 0 atom stereocenters. The predicted octanol–water partition coefficient (Wildman–Crippen LogP) is 2.61. The third-order valence-electron chi connectivity index (χ3n) is 3.42. The van der Waals surface area contributed by atoms with Gasteiger partial charge in [0.15, 0.2) is 11.3 Å². The average Bonchev–Trinajstić information content (AvgIpc) is 2.97. The third kappa shape index (κ3) is 2.69. The minimum atomic E-state index is -4.73. The van der Waals surface area contributed by atoms with E-state index in [4.69, 9.17) is 10.2 Å². The SMILES string of the molecule is O=C(O)c1cnn2c(C(F)(F)F)cc(-c3ccc(CO)cc3)nc12. The monoisotopic (exact) mass is 337 g/mol. The summed E-state index contributed by atoms with van der Waals surface area (Å²) in [6.45, 7) is -0.202. The van der Waals surface area contributed by atoms with Gasteiger partial charge in [0.25, 0.3) is 0 Å². The zero-order valence-electron chi connectivity index (χ0n) is 11.9. The molecule has 0 aliphatic carbocycles. The molecule has 0 aliphatic heterocycles. The maximum atomic E-state index is 13.3. The van der Waals surface area contributed by atoms with Gasteiger partial charge in [-0.15, -0.1) is 0 Å². The highest BCUT2D eigenvalue weighted by atomic mass is 19.4. The van der Waals surface area contributed by atoms with Gasteiger partial charge in [-0.05, 0) is 11.6 Å². The van der Waals surface area contributed by atoms with Gasteiger partial charge in [-0.3, -0.25) is 0 Å². The zero-order valence-corrected chi connectivity index (χ0v) is 11.9. The highest BCUT2D eigenvalue weighted by Gasteiger charge is 2.36. The molecule has 0 spiro atoms. The predicted molar refractivity (Wildman–Crippen MR) is 76.3 cm³/mol. The van der Waals surface area contributed by atoms with Gasteiger partial charge in [-0.25, -0.2) is 14.3 Å². The molecule has 2 aromatic heterocycles. The number of alkyl halides is 3. The van der Waals surface area contributed by atoms with Crippen molar-refractivity contribution >= 4 is 11.6 Å². The molecular formula is C15H10F3N3O3. The molecule has 2 N–H and O–H groups in total. The van der Waals surface area contributed by atoms with Crippen LogP contribution in [0, 0.1) is 0 Å². The number of carbonyl (C=O) groups is 1. The zero-order chi connectivity index (χ0) is 17.5. The van der Waals surface area contributed by atoms with Crippen LogP contribution in [-0.2, 0) is 12.8 Å². The highest BCUT2D eigenvalue weighted by Crippen LogP contribution is 2.32. The summed E-state index contributed by atoms with van der Waals surface area (Å²) in [6.07, 6.45) is -3.90. The summed E-state index contributed by atoms with van der Waals surface area (Å²) in [4.78, 5) is 15.2. The molecule has 2 heterocycles. The summed E-state index contributed by atoms with van der Waals surface area (Å²) in [5, 5.41) is 21.6. The summed E-state index contributed by atoms with van der Waals surface area (Å²) >= 11 is 0. The Balaban J connectivity index is 2.27. The normalized spacial score (nSPS) is 11.8. The largest absolute Gasteiger partial charge is 0.477 e. The first kappa shape index (κ1) is 15.9. The molecule has 0 saturated carbocycles. The molecular weight excluding hydrogens is 327 g/mol. The molecule has 0 bridgehead atoms. The van der Waals surface area contributed by atoms with Gasteiger partial charge in [-0.2, -0.15) is 18.3 Å². The van der Waals surface area contributed by atoms with Crippen LogP contribution in [0.25, 0.3) is 16.9 Å². The lowest BCUT2D eigenvalue weighted by atomic mass is 10.1. The molecule has 24 heavy (non-hydrogen) atoms. The van der Waals surface area contributed by atoms with Gasteiger partial charge < -0.3 is 10.2 Å². The Hall–Kier alpha value is -2.94. The number of aliphatic hydroxyl groups excluding tert-OH is 1. The molecule has 6 nitrogen and oxygen atoms in total. The van der Waals surface area contributed by atoms with Crippen molar-refractivity contribution in [2.75, 3.05) is 0 Å². The molecule has 0 radical (unpaired) electrons. The first-order chi connectivity index (χ1) is 11.3. The molecule has 9 heteroatoms. The van der Waals surface area contributed by atoms with Crippen LogP contribution in [0.1, 0.15) is 21.6 Å². The standard InChI is InChI=1S/C15H10F3N3O3/c16-15(17,18)12-5-11(9-3-1-8(7-22)2-4-9)20-13-10(14(23)24)6-19-21(12)13/h1-6,22H,7H2,(H,23,24). The van der Waals surface area contributed by atoms with Crippen LogP contribution >= 0.6 is 0 Å². The van der Waals surface area contributed by atoms with Gasteiger partial charge in [0.1, 0.15) is 5.56 Å². The van der Waals surface area contributed by atoms with E-state index in [-0.39, 0.29) is 12.3 Å². The Labute approximate surface area is 132 Å². The van der Waals surface area contributed by atoms with Crippen LogP contribution in [0.5, 0.6) is 0 Å². The van der Waals surface area contributed by atoms with E-state index in [9.17, 15) is 18.0 Å². The molecule has 124 valence electrons. The number of hydrogen-bond acceptors (Lipinski definition) is 4. The number of aromatic nitrogens is 3. The van der Waals surface area contributed by atoms with Crippen molar-refractivity contribution in [2.45, 2.75) is 12.8 Å². The lowest BCUT2D eigenvalue weighted by Gasteiger charge is -2.11. The van der Waals surface area contributed by atoms with Crippen LogP contribution in [-0.4, -0.2) is 30.8 Å². The molecule has 0 amide bonds. The Bertz CT molecular complexity index is 917. The Morgan fingerprint density at radius 2 is 1.88 bits per heavy atom. The number of carboxylic acids is 1. The van der Waals surface area contributed by atoms with Crippen molar-refractivity contribution < 1.29 is 28.2 Å². The van der Waals surface area contributed by atoms with Crippen LogP contribution < -0.4 is 0 Å². The number of nitrogens with zero attached hydrogens (tertiary/aromatic N) is 3. The number of rotatable bonds is 3. The summed E-state index contributed by atoms with van der Waals surface area (Å²) < 4.78 is 40.3. The minimum Gasteiger partial charge on any atom is -0.477 e. The number of aliphatic hydroxyl groups is 1. The lowest BCUT2D eigenvalue weighted by Crippen LogP contribution is -2.14. The number of benzene rings is 1. The Kier molecular flexibility index (Phi) is 3.72. The van der Waals surface area contributed by atoms with E-state index < -0.39 is 29.1 Å². The second-order valence-corrected chi connectivity index (χ2v) is 4.98. The van der Waals surface area contributed by atoms with E-state index in [1.54, 1.807) is 12.1 Å². The van der Waals surface area contributed by atoms with Gasteiger partial charge in [0, 0.05) is 5.56 Å². The second-order valence-electron chi connectivity index (χ2n) is 4.98. The maximum Gasteiger partial charge on any atom is 0.433 e. The Morgan fingerprint density at radius 3 is 2.42 bits per heavy atom. The first-order valence-corrected chi connectivity index (χ1v) is 6.70. The van der Waals surface area contributed by atoms with Crippen molar-refractivity contribution in [1.82, 2.24) is 14.6 Å². The smallest absolute Gasteiger partial charge is 0.433 e. The van der Waals surface area contributed by atoms with Crippen molar-refractivity contribution in [1.29, 1.82) is 0 Å². The van der Waals surface area contributed by atoms with Crippen LogP contribution in [0.15, 0.2) is 36.5 Å². The van der Waals surface area contributed by atoms with Crippen molar-refractivity contribution in [2.24, 2.45) is 0 Å². The van der Waals surface area contributed by atoms with Crippen molar-refractivity contribution in [3.8, 4) is 11.3 Å². The molecule has 3 aromatic rings. The molecule has 1 aromatic carbocycles. The molecule has 0 unspecified atom stereocenters.